The van der Waals surface area contributed by atoms with Gasteiger partial charge in [0.05, 0.1) is 13.2 Å². The van der Waals surface area contributed by atoms with Gasteiger partial charge in [0.15, 0.2) is 0 Å². The van der Waals surface area contributed by atoms with E-state index in [2.05, 4.69) is 0 Å². The summed E-state index contributed by atoms with van der Waals surface area (Å²) in [7, 11) is -0.925. The molecule has 108 valence electrons. The van der Waals surface area contributed by atoms with Crippen LogP contribution in [0.4, 0.5) is 4.39 Å². The summed E-state index contributed by atoms with van der Waals surface area (Å²) in [5, 5.41) is 0. The Labute approximate surface area is 113 Å². The van der Waals surface area contributed by atoms with Crippen LogP contribution >= 0.6 is 0 Å². The van der Waals surface area contributed by atoms with E-state index in [4.69, 9.17) is 9.47 Å². The molecule has 19 heavy (non-hydrogen) atoms. The summed E-state index contributed by atoms with van der Waals surface area (Å²) in [5.41, 5.74) is 0. The summed E-state index contributed by atoms with van der Waals surface area (Å²) < 4.78 is 49.2. The Morgan fingerprint density at radius 1 is 1.11 bits per heavy atom. The van der Waals surface area contributed by atoms with E-state index in [9.17, 15) is 12.8 Å². The molecular formula is C12H18FNO4S. The van der Waals surface area contributed by atoms with E-state index in [-0.39, 0.29) is 31.2 Å². The molecule has 0 aliphatic rings. The molecule has 0 N–H and O–H groups in total. The third-order valence-electron chi connectivity index (χ3n) is 2.54. The van der Waals surface area contributed by atoms with Gasteiger partial charge >= 0.3 is 0 Å². The summed E-state index contributed by atoms with van der Waals surface area (Å²) >= 11 is 0. The van der Waals surface area contributed by atoms with Crippen LogP contribution in [-0.4, -0.2) is 53.2 Å². The van der Waals surface area contributed by atoms with Gasteiger partial charge in [0.1, 0.15) is 10.7 Å². The second kappa shape index (κ2) is 7.54. The maximum absolute atomic E-state index is 13.6. The van der Waals surface area contributed by atoms with E-state index in [0.717, 1.165) is 10.4 Å². The number of halogens is 1. The van der Waals surface area contributed by atoms with E-state index in [1.165, 1.54) is 32.4 Å². The molecule has 7 heteroatoms. The van der Waals surface area contributed by atoms with E-state index < -0.39 is 15.8 Å². The molecule has 0 unspecified atom stereocenters. The first-order valence-corrected chi connectivity index (χ1v) is 7.20. The number of methoxy groups -OCH3 is 2. The van der Waals surface area contributed by atoms with Gasteiger partial charge in [-0.25, -0.2) is 12.8 Å². The van der Waals surface area contributed by atoms with Gasteiger partial charge in [-0.05, 0) is 12.1 Å². The van der Waals surface area contributed by atoms with Crippen LogP contribution in [0.25, 0.3) is 0 Å². The molecular weight excluding hydrogens is 273 g/mol. The SMILES string of the molecule is COCCN(CCOC)S(=O)(=O)c1ccccc1F. The molecule has 0 aliphatic carbocycles. The molecule has 0 atom stereocenters. The molecule has 0 radical (unpaired) electrons. The van der Waals surface area contributed by atoms with Crippen LogP contribution in [0, 0.1) is 5.82 Å². The number of hydrogen-bond acceptors (Lipinski definition) is 4. The lowest BCUT2D eigenvalue weighted by Crippen LogP contribution is -2.36. The minimum absolute atomic E-state index is 0.149. The van der Waals surface area contributed by atoms with E-state index in [1.54, 1.807) is 0 Å². The summed E-state index contributed by atoms with van der Waals surface area (Å²) in [4.78, 5) is -0.331. The average molecular weight is 291 g/mol. The first-order valence-electron chi connectivity index (χ1n) is 5.76. The molecule has 0 fully saturated rings. The van der Waals surface area contributed by atoms with Gasteiger partial charge in [-0.2, -0.15) is 4.31 Å². The molecule has 1 rings (SSSR count). The van der Waals surface area contributed by atoms with Gasteiger partial charge in [-0.1, -0.05) is 12.1 Å². The minimum atomic E-state index is -3.88. The fourth-order valence-corrected chi connectivity index (χ4v) is 3.00. The van der Waals surface area contributed by atoms with Crippen molar-refractivity contribution in [2.24, 2.45) is 0 Å². The Bertz CT molecular complexity index is 484. The number of ether oxygens (including phenoxy) is 2. The highest BCUT2D eigenvalue weighted by molar-refractivity contribution is 7.89. The third-order valence-corrected chi connectivity index (χ3v) is 4.48. The fourth-order valence-electron chi connectivity index (χ4n) is 1.53. The number of hydrogen-bond donors (Lipinski definition) is 0. The van der Waals surface area contributed by atoms with Crippen molar-refractivity contribution in [3.63, 3.8) is 0 Å². The zero-order valence-electron chi connectivity index (χ0n) is 11.0. The topological polar surface area (TPSA) is 55.8 Å². The maximum atomic E-state index is 13.6. The highest BCUT2D eigenvalue weighted by Gasteiger charge is 2.26. The van der Waals surface area contributed by atoms with Gasteiger partial charge in [0, 0.05) is 27.3 Å². The van der Waals surface area contributed by atoms with Crippen molar-refractivity contribution in [3.8, 4) is 0 Å². The van der Waals surface area contributed by atoms with Crippen molar-refractivity contribution in [2.75, 3.05) is 40.5 Å². The minimum Gasteiger partial charge on any atom is -0.383 e. The van der Waals surface area contributed by atoms with Gasteiger partial charge < -0.3 is 9.47 Å². The van der Waals surface area contributed by atoms with Crippen molar-refractivity contribution in [1.29, 1.82) is 0 Å². The summed E-state index contributed by atoms with van der Waals surface area (Å²) in [6, 6.07) is 5.30. The molecule has 0 heterocycles. The molecule has 0 spiro atoms. The number of sulfonamides is 1. The second-order valence-corrected chi connectivity index (χ2v) is 5.73. The Balaban J connectivity index is 3.01. The van der Waals surface area contributed by atoms with Crippen molar-refractivity contribution in [2.45, 2.75) is 4.90 Å². The Morgan fingerprint density at radius 2 is 1.63 bits per heavy atom. The van der Waals surface area contributed by atoms with Gasteiger partial charge in [0.2, 0.25) is 10.0 Å². The van der Waals surface area contributed by atoms with Crippen molar-refractivity contribution < 1.29 is 22.3 Å². The third kappa shape index (κ3) is 4.24. The lowest BCUT2D eigenvalue weighted by atomic mass is 10.4. The Kier molecular flexibility index (Phi) is 6.36. The molecule has 0 aromatic heterocycles. The van der Waals surface area contributed by atoms with Crippen LogP contribution in [-0.2, 0) is 19.5 Å². The van der Waals surface area contributed by atoms with Crippen molar-refractivity contribution in [1.82, 2.24) is 4.31 Å². The predicted molar refractivity (Wildman–Crippen MR) is 68.9 cm³/mol. The van der Waals surface area contributed by atoms with Crippen LogP contribution in [0.1, 0.15) is 0 Å². The van der Waals surface area contributed by atoms with Crippen LogP contribution in [0.5, 0.6) is 0 Å². The summed E-state index contributed by atoms with van der Waals surface area (Å²) in [6.45, 7) is 0.766. The average Bonchev–Trinajstić information content (AvgIpc) is 2.39. The molecule has 0 bridgehead atoms. The van der Waals surface area contributed by atoms with E-state index in [0.29, 0.717) is 0 Å². The second-order valence-electron chi connectivity index (χ2n) is 3.82. The van der Waals surface area contributed by atoms with Crippen LogP contribution in [0.2, 0.25) is 0 Å². The number of benzene rings is 1. The molecule has 0 saturated carbocycles. The quantitative estimate of drug-likeness (QED) is 0.720. The first kappa shape index (κ1) is 16.0. The number of nitrogens with zero attached hydrogens (tertiary/aromatic N) is 1. The predicted octanol–water partition coefficient (Wildman–Crippen LogP) is 1.11. The largest absolute Gasteiger partial charge is 0.383 e. The monoisotopic (exact) mass is 291 g/mol. The van der Waals surface area contributed by atoms with Gasteiger partial charge in [-0.3, -0.25) is 0 Å². The van der Waals surface area contributed by atoms with Gasteiger partial charge in [-0.15, -0.1) is 0 Å². The lowest BCUT2D eigenvalue weighted by Gasteiger charge is -2.21. The molecule has 1 aromatic carbocycles. The Morgan fingerprint density at radius 3 is 2.11 bits per heavy atom. The molecule has 0 aliphatic heterocycles. The zero-order valence-corrected chi connectivity index (χ0v) is 11.8. The fraction of sp³-hybridized carbons (Fsp3) is 0.500. The maximum Gasteiger partial charge on any atom is 0.246 e. The molecule has 1 aromatic rings. The standard InChI is InChI=1S/C12H18FNO4S/c1-17-9-7-14(8-10-18-2)19(15,16)12-6-4-3-5-11(12)13/h3-6H,7-10H2,1-2H3. The summed E-state index contributed by atoms with van der Waals surface area (Å²) in [5.74, 6) is -0.762. The van der Waals surface area contributed by atoms with Crippen molar-refractivity contribution in [3.05, 3.63) is 30.1 Å². The van der Waals surface area contributed by atoms with Gasteiger partial charge in [0.25, 0.3) is 0 Å². The lowest BCUT2D eigenvalue weighted by molar-refractivity contribution is 0.150. The molecule has 0 saturated heterocycles. The van der Waals surface area contributed by atoms with E-state index in [1.807, 2.05) is 0 Å². The van der Waals surface area contributed by atoms with Crippen LogP contribution in [0.3, 0.4) is 0 Å². The summed E-state index contributed by atoms with van der Waals surface area (Å²) in [6.07, 6.45) is 0. The highest BCUT2D eigenvalue weighted by Crippen LogP contribution is 2.18. The highest BCUT2D eigenvalue weighted by atomic mass is 32.2. The molecule has 0 amide bonds. The molecule has 5 nitrogen and oxygen atoms in total. The van der Waals surface area contributed by atoms with E-state index >= 15 is 0 Å². The zero-order chi connectivity index (χ0) is 14.3. The first-order chi connectivity index (χ1) is 9.04. The number of rotatable bonds is 8. The van der Waals surface area contributed by atoms with Crippen molar-refractivity contribution >= 4 is 10.0 Å². The Hall–Kier alpha value is -1.02. The smallest absolute Gasteiger partial charge is 0.246 e. The van der Waals surface area contributed by atoms with Crippen LogP contribution < -0.4 is 0 Å². The van der Waals surface area contributed by atoms with Crippen LogP contribution in [0.15, 0.2) is 29.2 Å². The normalized spacial score (nSPS) is 12.0.